The Morgan fingerprint density at radius 3 is 2.75 bits per heavy atom. The second-order valence-corrected chi connectivity index (χ2v) is 5.48. The van der Waals surface area contributed by atoms with Crippen molar-refractivity contribution >= 4 is 5.95 Å². The Balaban J connectivity index is 1.90. The molecule has 20 heavy (non-hydrogen) atoms. The van der Waals surface area contributed by atoms with Gasteiger partial charge in [-0.25, -0.2) is 9.97 Å². The smallest absolute Gasteiger partial charge is 0.225 e. The summed E-state index contributed by atoms with van der Waals surface area (Å²) in [6.45, 7) is 9.54. The Morgan fingerprint density at radius 1 is 1.35 bits per heavy atom. The normalized spacial score (nSPS) is 19.4. The average Bonchev–Trinajstić information content (AvgIpc) is 2.92. The summed E-state index contributed by atoms with van der Waals surface area (Å²) in [6, 6.07) is 0.648. The molecule has 1 N–H and O–H groups in total. The van der Waals surface area contributed by atoms with Gasteiger partial charge in [-0.1, -0.05) is 13.8 Å². The summed E-state index contributed by atoms with van der Waals surface area (Å²) in [5.41, 5.74) is 1.14. The van der Waals surface area contributed by atoms with Crippen LogP contribution in [0.15, 0.2) is 12.4 Å². The fraction of sp³-hybridized carbons (Fsp3) is 0.733. The molecule has 1 aliphatic heterocycles. The Bertz CT molecular complexity index is 392. The van der Waals surface area contributed by atoms with Crippen LogP contribution in [-0.2, 0) is 6.54 Å². The van der Waals surface area contributed by atoms with Crippen molar-refractivity contribution in [1.29, 1.82) is 0 Å². The summed E-state index contributed by atoms with van der Waals surface area (Å²) >= 11 is 0. The highest BCUT2D eigenvalue weighted by Gasteiger charge is 2.24. The molecule has 1 aromatic rings. The van der Waals surface area contributed by atoms with E-state index in [9.17, 15) is 0 Å². The molecule has 2 heterocycles. The van der Waals surface area contributed by atoms with Crippen LogP contribution in [0.4, 0.5) is 5.95 Å². The molecule has 112 valence electrons. The zero-order valence-corrected chi connectivity index (χ0v) is 13.0. The van der Waals surface area contributed by atoms with E-state index in [1.807, 2.05) is 12.4 Å². The highest BCUT2D eigenvalue weighted by atomic mass is 15.3. The number of rotatable bonds is 7. The standard InChI is InChI=1S/C15H27N5/c1-4-16-9-13-10-17-15(18-11-13)19(3)12-14-7-6-8-20(14)5-2/h10-11,14,16H,4-9,12H2,1-3H3. The zero-order valence-electron chi connectivity index (χ0n) is 13.0. The lowest BCUT2D eigenvalue weighted by molar-refractivity contribution is 0.270. The van der Waals surface area contributed by atoms with E-state index in [1.54, 1.807) is 0 Å². The van der Waals surface area contributed by atoms with Crippen LogP contribution < -0.4 is 10.2 Å². The molecule has 0 spiro atoms. The fourth-order valence-electron chi connectivity index (χ4n) is 2.82. The molecule has 0 saturated carbocycles. The van der Waals surface area contributed by atoms with E-state index in [0.29, 0.717) is 6.04 Å². The summed E-state index contributed by atoms with van der Waals surface area (Å²) in [5, 5.41) is 3.29. The zero-order chi connectivity index (χ0) is 14.4. The van der Waals surface area contributed by atoms with Crippen molar-refractivity contribution < 1.29 is 0 Å². The maximum atomic E-state index is 4.48. The summed E-state index contributed by atoms with van der Waals surface area (Å²) in [4.78, 5) is 13.7. The molecule has 1 unspecified atom stereocenters. The fourth-order valence-corrected chi connectivity index (χ4v) is 2.82. The molecule has 5 nitrogen and oxygen atoms in total. The molecule has 0 bridgehead atoms. The van der Waals surface area contributed by atoms with Crippen LogP contribution in [0.1, 0.15) is 32.3 Å². The van der Waals surface area contributed by atoms with Gasteiger partial charge < -0.3 is 10.2 Å². The first kappa shape index (κ1) is 15.2. The van der Waals surface area contributed by atoms with Gasteiger partial charge in [-0.05, 0) is 32.5 Å². The predicted octanol–water partition coefficient (Wildman–Crippen LogP) is 1.51. The molecule has 2 rings (SSSR count). The molecule has 1 fully saturated rings. The van der Waals surface area contributed by atoms with Crippen LogP contribution in [-0.4, -0.2) is 54.1 Å². The highest BCUT2D eigenvalue weighted by molar-refractivity contribution is 5.28. The molecular weight excluding hydrogens is 250 g/mol. The van der Waals surface area contributed by atoms with Crippen LogP contribution in [0, 0.1) is 0 Å². The lowest BCUT2D eigenvalue weighted by Gasteiger charge is -2.27. The molecule has 0 radical (unpaired) electrons. The second kappa shape index (κ2) is 7.55. The van der Waals surface area contributed by atoms with Gasteiger partial charge in [0.25, 0.3) is 0 Å². The molecular formula is C15H27N5. The van der Waals surface area contributed by atoms with Crippen molar-refractivity contribution in [2.24, 2.45) is 0 Å². The van der Waals surface area contributed by atoms with Gasteiger partial charge in [-0.15, -0.1) is 0 Å². The molecule has 0 amide bonds. The van der Waals surface area contributed by atoms with Crippen molar-refractivity contribution in [3.63, 3.8) is 0 Å². The number of hydrogen-bond acceptors (Lipinski definition) is 5. The van der Waals surface area contributed by atoms with Gasteiger partial charge in [0.1, 0.15) is 0 Å². The van der Waals surface area contributed by atoms with Crippen LogP contribution in [0.3, 0.4) is 0 Å². The largest absolute Gasteiger partial charge is 0.342 e. The van der Waals surface area contributed by atoms with E-state index in [0.717, 1.165) is 37.7 Å². The topological polar surface area (TPSA) is 44.3 Å². The third-order valence-electron chi connectivity index (χ3n) is 4.00. The number of hydrogen-bond donors (Lipinski definition) is 1. The first-order valence-corrected chi connectivity index (χ1v) is 7.71. The molecule has 0 aromatic carbocycles. The maximum Gasteiger partial charge on any atom is 0.225 e. The second-order valence-electron chi connectivity index (χ2n) is 5.48. The van der Waals surface area contributed by atoms with Gasteiger partial charge in [0.15, 0.2) is 0 Å². The van der Waals surface area contributed by atoms with E-state index in [2.05, 4.69) is 46.0 Å². The number of anilines is 1. The predicted molar refractivity (Wildman–Crippen MR) is 83.0 cm³/mol. The number of likely N-dealkylation sites (tertiary alicyclic amines) is 1. The number of aromatic nitrogens is 2. The molecule has 0 aliphatic carbocycles. The molecule has 1 atom stereocenters. The lowest BCUT2D eigenvalue weighted by Crippen LogP contribution is -2.39. The van der Waals surface area contributed by atoms with E-state index in [-0.39, 0.29) is 0 Å². The monoisotopic (exact) mass is 277 g/mol. The maximum absolute atomic E-state index is 4.48. The molecule has 1 aromatic heterocycles. The van der Waals surface area contributed by atoms with Gasteiger partial charge in [0, 0.05) is 44.1 Å². The average molecular weight is 277 g/mol. The number of nitrogens with one attached hydrogen (secondary N) is 1. The van der Waals surface area contributed by atoms with Gasteiger partial charge in [-0.3, -0.25) is 4.90 Å². The quantitative estimate of drug-likeness (QED) is 0.818. The Kier molecular flexibility index (Phi) is 5.73. The van der Waals surface area contributed by atoms with E-state index in [1.165, 1.54) is 19.4 Å². The Hall–Kier alpha value is -1.20. The lowest BCUT2D eigenvalue weighted by atomic mass is 10.2. The van der Waals surface area contributed by atoms with E-state index < -0.39 is 0 Å². The van der Waals surface area contributed by atoms with Crippen molar-refractivity contribution in [3.8, 4) is 0 Å². The van der Waals surface area contributed by atoms with Gasteiger partial charge in [0.2, 0.25) is 5.95 Å². The number of likely N-dealkylation sites (N-methyl/N-ethyl adjacent to an activating group) is 2. The highest BCUT2D eigenvalue weighted by Crippen LogP contribution is 2.18. The Morgan fingerprint density at radius 2 is 2.10 bits per heavy atom. The third kappa shape index (κ3) is 3.90. The van der Waals surface area contributed by atoms with Crippen molar-refractivity contribution in [2.75, 3.05) is 38.1 Å². The van der Waals surface area contributed by atoms with Crippen molar-refractivity contribution in [3.05, 3.63) is 18.0 Å². The van der Waals surface area contributed by atoms with Crippen molar-refractivity contribution in [1.82, 2.24) is 20.2 Å². The first-order chi connectivity index (χ1) is 9.74. The Labute approximate surface area is 122 Å². The van der Waals surface area contributed by atoms with Crippen LogP contribution in [0.25, 0.3) is 0 Å². The van der Waals surface area contributed by atoms with Gasteiger partial charge in [0.05, 0.1) is 0 Å². The SMILES string of the molecule is CCNCc1cnc(N(C)CC2CCCN2CC)nc1. The van der Waals surface area contributed by atoms with Crippen molar-refractivity contribution in [2.45, 2.75) is 39.3 Å². The third-order valence-corrected chi connectivity index (χ3v) is 4.00. The van der Waals surface area contributed by atoms with Crippen LogP contribution in [0.2, 0.25) is 0 Å². The molecule has 5 heteroatoms. The molecule has 1 saturated heterocycles. The minimum absolute atomic E-state index is 0.648. The van der Waals surface area contributed by atoms with Gasteiger partial charge in [-0.2, -0.15) is 0 Å². The summed E-state index contributed by atoms with van der Waals surface area (Å²) in [6.07, 6.45) is 6.45. The minimum atomic E-state index is 0.648. The van der Waals surface area contributed by atoms with Crippen LogP contribution in [0.5, 0.6) is 0 Å². The summed E-state index contributed by atoms with van der Waals surface area (Å²) in [5.74, 6) is 0.827. The first-order valence-electron chi connectivity index (χ1n) is 7.71. The number of nitrogens with zero attached hydrogens (tertiary/aromatic N) is 4. The summed E-state index contributed by atoms with van der Waals surface area (Å²) < 4.78 is 0. The van der Waals surface area contributed by atoms with Crippen LogP contribution >= 0.6 is 0 Å². The van der Waals surface area contributed by atoms with Gasteiger partial charge >= 0.3 is 0 Å². The molecule has 1 aliphatic rings. The minimum Gasteiger partial charge on any atom is -0.342 e. The van der Waals surface area contributed by atoms with E-state index in [4.69, 9.17) is 0 Å². The van der Waals surface area contributed by atoms with E-state index >= 15 is 0 Å². The summed E-state index contributed by atoms with van der Waals surface area (Å²) in [7, 11) is 2.09.